The van der Waals surface area contributed by atoms with Crippen LogP contribution >= 0.6 is 22.6 Å². The van der Waals surface area contributed by atoms with Gasteiger partial charge in [-0.2, -0.15) is 0 Å². The molecule has 0 bridgehead atoms. The number of nitro groups is 1. The van der Waals surface area contributed by atoms with Crippen LogP contribution in [0.5, 0.6) is 0 Å². The average Bonchev–Trinajstić information content (AvgIpc) is 2.87. The molecular weight excluding hydrogens is 281 g/mol. The maximum Gasteiger partial charge on any atom is 0.270 e. The van der Waals surface area contributed by atoms with Crippen LogP contribution in [-0.4, -0.2) is 4.92 Å². The summed E-state index contributed by atoms with van der Waals surface area (Å²) in [6.45, 7) is 0. The zero-order valence-electron chi connectivity index (χ0n) is 6.87. The van der Waals surface area contributed by atoms with E-state index in [2.05, 4.69) is 22.6 Å². The molecule has 0 aromatic heterocycles. The van der Waals surface area contributed by atoms with E-state index in [1.165, 1.54) is 18.4 Å². The van der Waals surface area contributed by atoms with Gasteiger partial charge >= 0.3 is 0 Å². The molecule has 1 aromatic rings. The Morgan fingerprint density at radius 3 is 2.62 bits per heavy atom. The van der Waals surface area contributed by atoms with Crippen molar-refractivity contribution < 1.29 is 4.92 Å². The number of hydrogen-bond acceptors (Lipinski definition) is 2. The van der Waals surface area contributed by atoms with Gasteiger partial charge in [-0.05, 0) is 46.9 Å². The molecule has 0 amide bonds. The predicted molar refractivity (Wildman–Crippen MR) is 57.8 cm³/mol. The lowest BCUT2D eigenvalue weighted by atomic mass is 10.1. The van der Waals surface area contributed by atoms with Crippen molar-refractivity contribution >= 4 is 28.3 Å². The lowest BCUT2D eigenvalue weighted by Gasteiger charge is -2.00. The van der Waals surface area contributed by atoms with Crippen molar-refractivity contribution in [2.45, 2.75) is 18.8 Å². The minimum atomic E-state index is -0.348. The Morgan fingerprint density at radius 2 is 2.15 bits per heavy atom. The maximum atomic E-state index is 10.5. The summed E-state index contributed by atoms with van der Waals surface area (Å²) in [7, 11) is 0. The van der Waals surface area contributed by atoms with E-state index in [0.717, 1.165) is 3.57 Å². The molecule has 13 heavy (non-hydrogen) atoms. The highest BCUT2D eigenvalue weighted by Crippen LogP contribution is 2.42. The van der Waals surface area contributed by atoms with Crippen molar-refractivity contribution in [2.75, 3.05) is 0 Å². The SMILES string of the molecule is O=[N+]([O-])c1ccc(C2CC2)c(I)c1. The third kappa shape index (κ3) is 1.82. The molecule has 1 aliphatic carbocycles. The topological polar surface area (TPSA) is 43.1 Å². The third-order valence-corrected chi connectivity index (χ3v) is 3.15. The predicted octanol–water partition coefficient (Wildman–Crippen LogP) is 3.08. The monoisotopic (exact) mass is 289 g/mol. The second-order valence-electron chi connectivity index (χ2n) is 3.24. The smallest absolute Gasteiger partial charge is 0.258 e. The highest BCUT2D eigenvalue weighted by Gasteiger charge is 2.26. The average molecular weight is 289 g/mol. The zero-order valence-corrected chi connectivity index (χ0v) is 9.02. The van der Waals surface area contributed by atoms with Crippen LogP contribution in [0.15, 0.2) is 18.2 Å². The number of hydrogen-bond donors (Lipinski definition) is 0. The number of non-ortho nitro benzene ring substituents is 1. The fourth-order valence-electron chi connectivity index (χ4n) is 1.36. The quantitative estimate of drug-likeness (QED) is 0.477. The molecule has 1 fully saturated rings. The normalized spacial score (nSPS) is 15.8. The summed E-state index contributed by atoms with van der Waals surface area (Å²) < 4.78 is 1.02. The van der Waals surface area contributed by atoms with Gasteiger partial charge in [-0.1, -0.05) is 6.07 Å². The molecule has 0 spiro atoms. The van der Waals surface area contributed by atoms with Gasteiger partial charge in [-0.15, -0.1) is 0 Å². The summed E-state index contributed by atoms with van der Waals surface area (Å²) in [6.07, 6.45) is 2.46. The molecular formula is C9H8INO2. The minimum Gasteiger partial charge on any atom is -0.258 e. The molecule has 1 aromatic carbocycles. The van der Waals surface area contributed by atoms with Crippen LogP contribution in [-0.2, 0) is 0 Å². The van der Waals surface area contributed by atoms with Crippen molar-refractivity contribution in [3.63, 3.8) is 0 Å². The molecule has 0 unspecified atom stereocenters. The highest BCUT2D eigenvalue weighted by atomic mass is 127. The van der Waals surface area contributed by atoms with E-state index in [-0.39, 0.29) is 10.6 Å². The molecule has 1 aliphatic rings. The molecule has 68 valence electrons. The number of nitro benzene ring substituents is 1. The van der Waals surface area contributed by atoms with Crippen molar-refractivity contribution in [1.29, 1.82) is 0 Å². The Morgan fingerprint density at radius 1 is 1.46 bits per heavy atom. The van der Waals surface area contributed by atoms with Crippen molar-refractivity contribution in [2.24, 2.45) is 0 Å². The first-order valence-electron chi connectivity index (χ1n) is 4.12. The van der Waals surface area contributed by atoms with Crippen molar-refractivity contribution in [3.8, 4) is 0 Å². The van der Waals surface area contributed by atoms with Crippen molar-refractivity contribution in [1.82, 2.24) is 0 Å². The molecule has 0 heterocycles. The van der Waals surface area contributed by atoms with Gasteiger partial charge in [0.2, 0.25) is 0 Å². The summed E-state index contributed by atoms with van der Waals surface area (Å²) in [5.41, 5.74) is 1.46. The van der Waals surface area contributed by atoms with Crippen LogP contribution in [0.1, 0.15) is 24.3 Å². The lowest BCUT2D eigenvalue weighted by Crippen LogP contribution is -1.91. The first-order chi connectivity index (χ1) is 6.18. The van der Waals surface area contributed by atoms with E-state index in [1.54, 1.807) is 12.1 Å². The standard InChI is InChI=1S/C9H8INO2/c10-9-5-7(11(12)13)3-4-8(9)6-1-2-6/h3-6H,1-2H2. The van der Waals surface area contributed by atoms with E-state index in [0.29, 0.717) is 5.92 Å². The molecule has 4 heteroatoms. The Balaban J connectivity index is 2.36. The van der Waals surface area contributed by atoms with Gasteiger partial charge in [0, 0.05) is 15.7 Å². The third-order valence-electron chi connectivity index (χ3n) is 2.21. The summed E-state index contributed by atoms with van der Waals surface area (Å²) in [5.74, 6) is 0.660. The fourth-order valence-corrected chi connectivity index (χ4v) is 2.29. The van der Waals surface area contributed by atoms with Crippen LogP contribution in [0.2, 0.25) is 0 Å². The molecule has 0 aliphatic heterocycles. The Labute approximate surface area is 89.4 Å². The maximum absolute atomic E-state index is 10.5. The van der Waals surface area contributed by atoms with E-state index in [1.807, 2.05) is 6.07 Å². The fraction of sp³-hybridized carbons (Fsp3) is 0.333. The van der Waals surface area contributed by atoms with Gasteiger partial charge in [0.1, 0.15) is 0 Å². The molecule has 0 atom stereocenters. The lowest BCUT2D eigenvalue weighted by molar-refractivity contribution is -0.385. The van der Waals surface area contributed by atoms with Gasteiger partial charge in [0.25, 0.3) is 5.69 Å². The van der Waals surface area contributed by atoms with E-state index < -0.39 is 0 Å². The summed E-state index contributed by atoms with van der Waals surface area (Å²) in [5, 5.41) is 10.5. The van der Waals surface area contributed by atoms with Crippen LogP contribution in [0, 0.1) is 13.7 Å². The van der Waals surface area contributed by atoms with Gasteiger partial charge in [-0.25, -0.2) is 0 Å². The summed E-state index contributed by atoms with van der Waals surface area (Å²) in [4.78, 5) is 10.1. The minimum absolute atomic E-state index is 0.189. The molecule has 0 radical (unpaired) electrons. The number of halogens is 1. The second kappa shape index (κ2) is 3.25. The molecule has 3 nitrogen and oxygen atoms in total. The highest BCUT2D eigenvalue weighted by molar-refractivity contribution is 14.1. The Bertz CT molecular complexity index is 361. The van der Waals surface area contributed by atoms with E-state index in [4.69, 9.17) is 0 Å². The zero-order chi connectivity index (χ0) is 9.42. The number of nitrogens with zero attached hydrogens (tertiary/aromatic N) is 1. The Kier molecular flexibility index (Phi) is 2.23. The number of benzene rings is 1. The molecule has 0 saturated heterocycles. The largest absolute Gasteiger partial charge is 0.270 e. The van der Waals surface area contributed by atoms with E-state index >= 15 is 0 Å². The van der Waals surface area contributed by atoms with Crippen LogP contribution in [0.3, 0.4) is 0 Å². The Hall–Kier alpha value is -0.650. The summed E-state index contributed by atoms with van der Waals surface area (Å²) >= 11 is 2.17. The molecule has 1 saturated carbocycles. The second-order valence-corrected chi connectivity index (χ2v) is 4.40. The van der Waals surface area contributed by atoms with Crippen LogP contribution in [0.4, 0.5) is 5.69 Å². The molecule has 0 N–H and O–H groups in total. The van der Waals surface area contributed by atoms with E-state index in [9.17, 15) is 10.1 Å². The van der Waals surface area contributed by atoms with Crippen LogP contribution in [0.25, 0.3) is 0 Å². The van der Waals surface area contributed by atoms with Gasteiger partial charge in [0.05, 0.1) is 4.92 Å². The first kappa shape index (κ1) is 8.93. The number of rotatable bonds is 2. The summed E-state index contributed by atoms with van der Waals surface area (Å²) in [6, 6.07) is 5.13. The van der Waals surface area contributed by atoms with Crippen LogP contribution < -0.4 is 0 Å². The van der Waals surface area contributed by atoms with Gasteiger partial charge in [-0.3, -0.25) is 10.1 Å². The van der Waals surface area contributed by atoms with Gasteiger partial charge < -0.3 is 0 Å². The van der Waals surface area contributed by atoms with Gasteiger partial charge in [0.15, 0.2) is 0 Å². The molecule has 2 rings (SSSR count). The first-order valence-corrected chi connectivity index (χ1v) is 5.20. The van der Waals surface area contributed by atoms with Crippen molar-refractivity contribution in [3.05, 3.63) is 37.4 Å².